The third-order valence-electron chi connectivity index (χ3n) is 10.5. The molecule has 162 valence electrons. The summed E-state index contributed by atoms with van der Waals surface area (Å²) in [6.45, 7) is 12.7. The number of hydrogen-bond acceptors (Lipinski definition) is 1. The topological polar surface area (TPSA) is 20.2 Å². The molecule has 9 atom stereocenters. The molecule has 4 aliphatic carbocycles. The minimum atomic E-state index is -0.0276. The number of aliphatic hydroxyl groups excluding tert-OH is 1. The van der Waals surface area contributed by atoms with Gasteiger partial charge in [-0.2, -0.15) is 0 Å². The average Bonchev–Trinajstić information content (AvgIpc) is 3.00. The summed E-state index contributed by atoms with van der Waals surface area (Å²) < 4.78 is 2.54. The first kappa shape index (κ1) is 22.0. The van der Waals surface area contributed by atoms with E-state index >= 15 is 0 Å². The Bertz CT molecular complexity index is 547. The third kappa shape index (κ3) is 3.54. The van der Waals surface area contributed by atoms with Crippen LogP contribution in [0.1, 0.15) is 98.8 Å². The van der Waals surface area contributed by atoms with Gasteiger partial charge in [0.05, 0.1) is 0 Å². The summed E-state index contributed by atoms with van der Waals surface area (Å²) in [6.07, 6.45) is 13.9. The van der Waals surface area contributed by atoms with E-state index in [-0.39, 0.29) is 32.4 Å². The van der Waals surface area contributed by atoms with Gasteiger partial charge in [0.1, 0.15) is 0 Å². The quantitative estimate of drug-likeness (QED) is 0.402. The van der Waals surface area contributed by atoms with Gasteiger partial charge >= 0.3 is 186 Å². The third-order valence-corrected chi connectivity index (χ3v) is 13.7. The molecule has 0 heterocycles. The van der Waals surface area contributed by atoms with E-state index in [4.69, 9.17) is 0 Å². The first-order chi connectivity index (χ1) is 13.3. The van der Waals surface area contributed by atoms with Crippen molar-refractivity contribution in [3.05, 3.63) is 0 Å². The molecule has 2 heteroatoms. The number of rotatable bonds is 5. The van der Waals surface area contributed by atoms with Gasteiger partial charge in [0.25, 0.3) is 0 Å². The Balaban J connectivity index is 1.49. The van der Waals surface area contributed by atoms with Gasteiger partial charge < -0.3 is 0 Å². The van der Waals surface area contributed by atoms with E-state index in [2.05, 4.69) is 34.6 Å². The molecule has 1 N–H and O–H groups in total. The molecule has 28 heavy (non-hydrogen) atoms. The van der Waals surface area contributed by atoms with E-state index in [1.165, 1.54) is 57.8 Å². The van der Waals surface area contributed by atoms with Crippen molar-refractivity contribution >= 4 is 20.9 Å². The predicted molar refractivity (Wildman–Crippen MR) is 121 cm³/mol. The van der Waals surface area contributed by atoms with Gasteiger partial charge in [-0.3, -0.25) is 0 Å². The molecule has 4 rings (SSSR count). The van der Waals surface area contributed by atoms with E-state index in [0.29, 0.717) is 5.41 Å². The first-order valence-electron chi connectivity index (χ1n) is 12.6. The van der Waals surface area contributed by atoms with Gasteiger partial charge in [0, 0.05) is 0 Å². The molecular weight excluding hydrogens is 456 g/mol. The minimum absolute atomic E-state index is 0.0276. The van der Waals surface area contributed by atoms with Crippen molar-refractivity contribution in [2.24, 2.45) is 46.3 Å². The molecule has 2 unspecified atom stereocenters. The molecule has 4 aliphatic rings. The Morgan fingerprint density at radius 2 is 1.71 bits per heavy atom. The Kier molecular flexibility index (Phi) is 6.55. The molecule has 0 aromatic heterocycles. The van der Waals surface area contributed by atoms with Crippen LogP contribution in [0.4, 0.5) is 0 Å². The first-order valence-corrected chi connectivity index (χ1v) is 15.6. The van der Waals surface area contributed by atoms with Crippen LogP contribution in [0.15, 0.2) is 0 Å². The van der Waals surface area contributed by atoms with Crippen LogP contribution in [-0.4, -0.2) is 32.1 Å². The second-order valence-electron chi connectivity index (χ2n) is 11.9. The zero-order valence-corrected chi connectivity index (χ0v) is 21.6. The second-order valence-corrected chi connectivity index (χ2v) is 16.7. The van der Waals surface area contributed by atoms with Crippen LogP contribution >= 0.6 is 0 Å². The van der Waals surface area contributed by atoms with E-state index in [1.807, 2.05) is 0 Å². The van der Waals surface area contributed by atoms with Crippen molar-refractivity contribution in [1.82, 2.24) is 0 Å². The molecule has 4 fully saturated rings. The van der Waals surface area contributed by atoms with Gasteiger partial charge in [0.2, 0.25) is 0 Å². The van der Waals surface area contributed by atoms with Gasteiger partial charge in [0.15, 0.2) is 0 Å². The van der Waals surface area contributed by atoms with E-state index in [1.54, 1.807) is 4.47 Å². The summed E-state index contributed by atoms with van der Waals surface area (Å²) in [5.74, 6) is 5.38. The summed E-state index contributed by atoms with van der Waals surface area (Å²) in [5, 5.41) is 11.1. The van der Waals surface area contributed by atoms with Crippen LogP contribution in [0, 0.1) is 46.3 Å². The van der Waals surface area contributed by atoms with E-state index in [9.17, 15) is 5.11 Å². The molecule has 4 saturated carbocycles. The fourth-order valence-electron chi connectivity index (χ4n) is 8.98. The van der Waals surface area contributed by atoms with E-state index in [0.717, 1.165) is 45.9 Å². The summed E-state index contributed by atoms with van der Waals surface area (Å²) in [5.41, 5.74) is 0.830. The standard InChI is InChI=1S/C26H46OTe/c1-17(2)28-16-14-18(3)21-11-12-22-20-10-9-19-7-6-8-24(27)26(19,5)23(20)13-15-25(21,22)4/h17-24,27H,6-16H2,1-5H3/t18-,19?,20+,21-,22+,23+,24?,25-,26+/m1/s1. The Morgan fingerprint density at radius 1 is 0.929 bits per heavy atom. The molecule has 0 radical (unpaired) electrons. The second kappa shape index (κ2) is 8.36. The van der Waals surface area contributed by atoms with Gasteiger partial charge in [-0.25, -0.2) is 0 Å². The predicted octanol–water partition coefficient (Wildman–Crippen LogP) is 6.98. The monoisotopic (exact) mass is 504 g/mol. The number of fused-ring (bicyclic) bond motifs is 5. The van der Waals surface area contributed by atoms with Crippen molar-refractivity contribution in [2.45, 2.75) is 113 Å². The number of hydrogen-bond donors (Lipinski definition) is 1. The fourth-order valence-corrected chi connectivity index (χ4v) is 11.8. The Morgan fingerprint density at radius 3 is 2.46 bits per heavy atom. The maximum absolute atomic E-state index is 11.1. The van der Waals surface area contributed by atoms with Crippen molar-refractivity contribution in [2.75, 3.05) is 0 Å². The molecule has 0 aromatic rings. The maximum atomic E-state index is 11.1. The van der Waals surface area contributed by atoms with Crippen LogP contribution in [-0.2, 0) is 0 Å². The molecule has 1 nitrogen and oxygen atoms in total. The van der Waals surface area contributed by atoms with Crippen molar-refractivity contribution in [1.29, 1.82) is 0 Å². The van der Waals surface area contributed by atoms with Crippen molar-refractivity contribution in [3.8, 4) is 0 Å². The molecule has 0 spiro atoms. The normalized spacial score (nSPS) is 49.4. The fraction of sp³-hybridized carbons (Fsp3) is 1.00. The molecule has 0 aliphatic heterocycles. The Hall–Kier alpha value is 0.750. The van der Waals surface area contributed by atoms with Crippen LogP contribution in [0.5, 0.6) is 0 Å². The average molecular weight is 502 g/mol. The summed E-state index contributed by atoms with van der Waals surface area (Å²) in [6, 6.07) is 0. The molecular formula is C26H46OTe. The van der Waals surface area contributed by atoms with Gasteiger partial charge in [-0.15, -0.1) is 0 Å². The summed E-state index contributed by atoms with van der Waals surface area (Å²) in [4.78, 5) is 0. The Labute approximate surface area is 185 Å². The van der Waals surface area contributed by atoms with Crippen molar-refractivity contribution < 1.29 is 5.11 Å². The van der Waals surface area contributed by atoms with Crippen LogP contribution < -0.4 is 0 Å². The van der Waals surface area contributed by atoms with Crippen LogP contribution in [0.3, 0.4) is 0 Å². The van der Waals surface area contributed by atoms with Gasteiger partial charge in [-0.1, -0.05) is 0 Å². The summed E-state index contributed by atoms with van der Waals surface area (Å²) in [7, 11) is 0. The zero-order valence-electron chi connectivity index (χ0n) is 19.3. The molecule has 0 saturated heterocycles. The van der Waals surface area contributed by atoms with Crippen LogP contribution in [0.2, 0.25) is 8.43 Å². The van der Waals surface area contributed by atoms with E-state index < -0.39 is 0 Å². The number of aliphatic hydroxyl groups is 1. The zero-order chi connectivity index (χ0) is 20.1. The van der Waals surface area contributed by atoms with Gasteiger partial charge in [-0.05, 0) is 0 Å². The molecule has 0 aromatic carbocycles. The van der Waals surface area contributed by atoms with Crippen LogP contribution in [0.25, 0.3) is 0 Å². The van der Waals surface area contributed by atoms with Crippen molar-refractivity contribution in [3.63, 3.8) is 0 Å². The molecule has 0 amide bonds. The summed E-state index contributed by atoms with van der Waals surface area (Å²) >= 11 is 0.237. The molecule has 0 bridgehead atoms. The SMILES string of the molecule is CC(C)[Te]CC[C@@H](C)[C@H]1CC[C@H]2[C@@H]3CCC4CCCC(O)[C@]4(C)[C@H]3CC[C@]12C.